The average Bonchev–Trinajstić information content (AvgIpc) is 3.06. The highest BCUT2D eigenvalue weighted by atomic mass is 35.5. The number of rotatable bonds is 2. The molecule has 30 heavy (non-hydrogen) atoms. The fourth-order valence-corrected chi connectivity index (χ4v) is 6.24. The number of benzene rings is 3. The fourth-order valence-electron chi connectivity index (χ4n) is 5.66. The molecule has 3 aliphatic carbocycles. The molecule has 1 fully saturated rings. The number of carbonyl (C=O) groups is 2. The summed E-state index contributed by atoms with van der Waals surface area (Å²) in [5, 5.41) is 0. The van der Waals surface area contributed by atoms with E-state index in [2.05, 4.69) is 0 Å². The normalized spacial score (nSPS) is 28.2. The van der Waals surface area contributed by atoms with Crippen molar-refractivity contribution >= 4 is 29.1 Å². The Kier molecular flexibility index (Phi) is 3.52. The van der Waals surface area contributed by atoms with Gasteiger partial charge in [-0.05, 0) is 46.5 Å². The number of halogens is 1. The number of ether oxygens (including phenoxy) is 1. The van der Waals surface area contributed by atoms with E-state index in [0.29, 0.717) is 11.4 Å². The number of methoxy groups -OCH3 is 1. The van der Waals surface area contributed by atoms with Crippen LogP contribution in [0.5, 0.6) is 5.75 Å². The van der Waals surface area contributed by atoms with E-state index in [1.165, 1.54) is 4.90 Å². The third-order valence-corrected chi connectivity index (χ3v) is 7.49. The third kappa shape index (κ3) is 1.97. The van der Waals surface area contributed by atoms with Gasteiger partial charge in [-0.1, -0.05) is 48.5 Å². The lowest BCUT2D eigenvalue weighted by molar-refractivity contribution is -0.122. The van der Waals surface area contributed by atoms with Crippen LogP contribution in [0.15, 0.2) is 72.8 Å². The largest absolute Gasteiger partial charge is 0.497 e. The summed E-state index contributed by atoms with van der Waals surface area (Å²) in [6, 6.07) is 22.9. The maximum atomic E-state index is 13.7. The van der Waals surface area contributed by atoms with Crippen LogP contribution < -0.4 is 9.64 Å². The van der Waals surface area contributed by atoms with E-state index in [1.54, 1.807) is 31.4 Å². The van der Waals surface area contributed by atoms with Gasteiger partial charge in [0.1, 0.15) is 10.6 Å². The molecule has 1 aliphatic heterocycles. The minimum Gasteiger partial charge on any atom is -0.497 e. The summed E-state index contributed by atoms with van der Waals surface area (Å²) in [4.78, 5) is 27.6. The maximum Gasteiger partial charge on any atom is 0.240 e. The Balaban J connectivity index is 1.57. The van der Waals surface area contributed by atoms with Crippen molar-refractivity contribution in [1.29, 1.82) is 0 Å². The molecule has 3 aromatic rings. The van der Waals surface area contributed by atoms with Crippen LogP contribution in [-0.4, -0.2) is 18.9 Å². The summed E-state index contributed by atoms with van der Waals surface area (Å²) in [6.07, 6.45) is 0. The Morgan fingerprint density at radius 1 is 0.833 bits per heavy atom. The molecule has 7 rings (SSSR count). The fraction of sp³-hybridized carbons (Fsp3) is 0.200. The second kappa shape index (κ2) is 5.96. The van der Waals surface area contributed by atoms with Gasteiger partial charge in [0.15, 0.2) is 0 Å². The van der Waals surface area contributed by atoms with Crippen LogP contribution in [0.3, 0.4) is 0 Å². The number of amides is 2. The summed E-state index contributed by atoms with van der Waals surface area (Å²) >= 11 is 7.40. The molecule has 0 spiro atoms. The monoisotopic (exact) mass is 415 g/mol. The molecular formula is C25H18ClNO3. The number of alkyl halides is 1. The van der Waals surface area contributed by atoms with E-state index >= 15 is 0 Å². The number of hydrogen-bond donors (Lipinski definition) is 0. The maximum absolute atomic E-state index is 13.7. The molecule has 5 heteroatoms. The number of nitrogens with zero attached hydrogens (tertiary/aromatic N) is 1. The van der Waals surface area contributed by atoms with Crippen LogP contribution in [0.1, 0.15) is 28.2 Å². The highest BCUT2D eigenvalue weighted by molar-refractivity contribution is 6.33. The van der Waals surface area contributed by atoms with Crippen molar-refractivity contribution in [2.75, 3.05) is 12.0 Å². The Morgan fingerprint density at radius 3 is 1.97 bits per heavy atom. The predicted molar refractivity (Wildman–Crippen MR) is 114 cm³/mol. The second-order valence-corrected chi connectivity index (χ2v) is 8.67. The topological polar surface area (TPSA) is 46.6 Å². The summed E-state index contributed by atoms with van der Waals surface area (Å²) < 4.78 is 5.22. The van der Waals surface area contributed by atoms with Gasteiger partial charge in [0.25, 0.3) is 0 Å². The van der Waals surface area contributed by atoms with Gasteiger partial charge in [0.2, 0.25) is 11.8 Å². The predicted octanol–water partition coefficient (Wildman–Crippen LogP) is 4.44. The molecule has 2 amide bonds. The molecule has 0 saturated carbocycles. The first-order chi connectivity index (χ1) is 14.6. The molecule has 0 radical (unpaired) electrons. The Hall–Kier alpha value is -3.11. The number of hydrogen-bond acceptors (Lipinski definition) is 3. The van der Waals surface area contributed by atoms with Crippen molar-refractivity contribution in [3.63, 3.8) is 0 Å². The first kappa shape index (κ1) is 17.7. The second-order valence-electron chi connectivity index (χ2n) is 8.08. The van der Waals surface area contributed by atoms with Crippen molar-refractivity contribution in [1.82, 2.24) is 0 Å². The van der Waals surface area contributed by atoms with Crippen molar-refractivity contribution in [2.24, 2.45) is 11.8 Å². The van der Waals surface area contributed by atoms with Gasteiger partial charge in [-0.3, -0.25) is 9.59 Å². The van der Waals surface area contributed by atoms with E-state index < -0.39 is 16.7 Å². The molecule has 1 heterocycles. The molecule has 1 saturated heterocycles. The molecular weight excluding hydrogens is 398 g/mol. The van der Waals surface area contributed by atoms with Crippen LogP contribution in [0, 0.1) is 11.8 Å². The quantitative estimate of drug-likeness (QED) is 0.459. The SMILES string of the molecule is COc1ccc(N2C(=O)[C@@H]3C4c5ccccc5C(Cl)(c5ccccc54)[C@H]3C2=O)cc1. The number of carbonyl (C=O) groups excluding carboxylic acids is 2. The highest BCUT2D eigenvalue weighted by Crippen LogP contribution is 2.65. The van der Waals surface area contributed by atoms with Gasteiger partial charge in [-0.25, -0.2) is 4.90 Å². The van der Waals surface area contributed by atoms with Crippen LogP contribution in [0.2, 0.25) is 0 Å². The molecule has 2 atom stereocenters. The van der Waals surface area contributed by atoms with Gasteiger partial charge in [-0.15, -0.1) is 11.6 Å². The van der Waals surface area contributed by atoms with Gasteiger partial charge in [0.05, 0.1) is 24.6 Å². The first-order valence-electron chi connectivity index (χ1n) is 9.97. The smallest absolute Gasteiger partial charge is 0.240 e. The number of anilines is 1. The van der Waals surface area contributed by atoms with Crippen molar-refractivity contribution in [3.8, 4) is 5.75 Å². The Morgan fingerprint density at radius 2 is 1.40 bits per heavy atom. The lowest BCUT2D eigenvalue weighted by Gasteiger charge is -2.50. The molecule has 0 unspecified atom stereocenters. The highest BCUT2D eigenvalue weighted by Gasteiger charge is 2.67. The van der Waals surface area contributed by atoms with Crippen LogP contribution >= 0.6 is 11.6 Å². The van der Waals surface area contributed by atoms with Gasteiger partial charge in [0, 0.05) is 5.92 Å². The van der Waals surface area contributed by atoms with E-state index in [1.807, 2.05) is 48.5 Å². The van der Waals surface area contributed by atoms with E-state index in [0.717, 1.165) is 22.3 Å². The van der Waals surface area contributed by atoms with Gasteiger partial charge < -0.3 is 4.74 Å². The minimum absolute atomic E-state index is 0.178. The molecule has 2 bridgehead atoms. The lowest BCUT2D eigenvalue weighted by atomic mass is 9.54. The zero-order valence-electron chi connectivity index (χ0n) is 16.2. The van der Waals surface area contributed by atoms with Crippen molar-refractivity contribution < 1.29 is 14.3 Å². The molecule has 4 aliphatic rings. The summed E-state index contributed by atoms with van der Waals surface area (Å²) in [5.41, 5.74) is 4.52. The van der Waals surface area contributed by atoms with Crippen LogP contribution in [0.25, 0.3) is 0 Å². The van der Waals surface area contributed by atoms with E-state index in [-0.39, 0.29) is 17.7 Å². The average molecular weight is 416 g/mol. The zero-order chi connectivity index (χ0) is 20.6. The Labute approximate surface area is 179 Å². The summed E-state index contributed by atoms with van der Waals surface area (Å²) in [5.74, 6) is -1.08. The molecule has 0 N–H and O–H groups in total. The third-order valence-electron chi connectivity index (χ3n) is 6.85. The zero-order valence-corrected chi connectivity index (χ0v) is 17.0. The molecule has 148 valence electrons. The Bertz CT molecular complexity index is 1170. The minimum atomic E-state index is -1.05. The standard InChI is InChI=1S/C25H18ClNO3/c1-30-15-12-10-14(11-13-15)27-23(28)21-20-16-6-2-4-8-18(16)25(26,22(21)24(27)29)19-9-5-3-7-17(19)20/h2-13,20-22H,1H3/t20?,21-,22-,25?/m1/s1. The first-order valence-corrected chi connectivity index (χ1v) is 10.3. The van der Waals surface area contributed by atoms with Crippen LogP contribution in [-0.2, 0) is 14.5 Å². The van der Waals surface area contributed by atoms with Crippen molar-refractivity contribution in [2.45, 2.75) is 10.8 Å². The molecule has 4 nitrogen and oxygen atoms in total. The molecule has 3 aromatic carbocycles. The van der Waals surface area contributed by atoms with Gasteiger partial charge >= 0.3 is 0 Å². The summed E-state index contributed by atoms with van der Waals surface area (Å²) in [7, 11) is 1.58. The van der Waals surface area contributed by atoms with Crippen molar-refractivity contribution in [3.05, 3.63) is 95.1 Å². The van der Waals surface area contributed by atoms with Gasteiger partial charge in [-0.2, -0.15) is 0 Å². The van der Waals surface area contributed by atoms with Crippen LogP contribution in [0.4, 0.5) is 5.69 Å². The lowest BCUT2D eigenvalue weighted by Crippen LogP contribution is -2.50. The van der Waals surface area contributed by atoms with E-state index in [9.17, 15) is 9.59 Å². The van der Waals surface area contributed by atoms with E-state index in [4.69, 9.17) is 16.3 Å². The number of imide groups is 1. The molecule has 0 aromatic heterocycles. The summed E-state index contributed by atoms with van der Waals surface area (Å²) in [6.45, 7) is 0.